The number of hydrogen-bond donors (Lipinski definition) is 1. The first-order chi connectivity index (χ1) is 8.79. The molecule has 1 nitrogen and oxygen atoms in total. The van der Waals surface area contributed by atoms with Gasteiger partial charge in [-0.25, -0.2) is 0 Å². The highest BCUT2D eigenvalue weighted by Crippen LogP contribution is 2.34. The molecule has 102 valence electrons. The van der Waals surface area contributed by atoms with Crippen LogP contribution in [0.5, 0.6) is 0 Å². The summed E-state index contributed by atoms with van der Waals surface area (Å²) in [6, 6.07) is 2.86. The maximum absolute atomic E-state index is 3.73. The van der Waals surface area contributed by atoms with Crippen LogP contribution in [0, 0.1) is 5.92 Å². The lowest BCUT2D eigenvalue weighted by Crippen LogP contribution is -2.25. The van der Waals surface area contributed by atoms with E-state index in [-0.39, 0.29) is 0 Å². The molecule has 1 unspecified atom stereocenters. The van der Waals surface area contributed by atoms with Crippen LogP contribution in [0.2, 0.25) is 0 Å². The first kappa shape index (κ1) is 14.5. The summed E-state index contributed by atoms with van der Waals surface area (Å²) >= 11 is 5.39. The first-order valence-electron chi connectivity index (χ1n) is 7.27. The van der Waals surface area contributed by atoms with E-state index >= 15 is 0 Å². The van der Waals surface area contributed by atoms with Crippen LogP contribution in [0.1, 0.15) is 63.5 Å². The summed E-state index contributed by atoms with van der Waals surface area (Å²) in [7, 11) is 0. The van der Waals surface area contributed by atoms with Gasteiger partial charge in [0.05, 0.1) is 3.79 Å². The molecule has 0 bridgehead atoms. The molecule has 1 atom stereocenters. The smallest absolute Gasteiger partial charge is 0.0701 e. The van der Waals surface area contributed by atoms with E-state index in [9.17, 15) is 0 Å². The summed E-state index contributed by atoms with van der Waals surface area (Å²) in [5.74, 6) is 0.937. The maximum atomic E-state index is 3.73. The largest absolute Gasteiger partial charge is 0.310 e. The molecule has 1 N–H and O–H groups in total. The maximum Gasteiger partial charge on any atom is 0.0701 e. The molecule has 0 aromatic carbocycles. The van der Waals surface area contributed by atoms with Crippen molar-refractivity contribution in [3.05, 3.63) is 20.8 Å². The zero-order chi connectivity index (χ0) is 12.8. The van der Waals surface area contributed by atoms with E-state index in [0.29, 0.717) is 6.04 Å². The molecular weight excluding hydrogens is 306 g/mol. The average molecular weight is 330 g/mol. The summed E-state index contributed by atoms with van der Waals surface area (Å²) in [6.45, 7) is 3.37. The summed E-state index contributed by atoms with van der Waals surface area (Å²) in [5.41, 5.74) is 1.48. The Hall–Kier alpha value is 0.140. The molecule has 1 fully saturated rings. The fraction of sp³-hybridized carbons (Fsp3) is 0.733. The van der Waals surface area contributed by atoms with Crippen molar-refractivity contribution in [3.63, 3.8) is 0 Å². The van der Waals surface area contributed by atoms with E-state index in [1.165, 1.54) is 54.3 Å². The molecule has 1 aliphatic carbocycles. The minimum absolute atomic E-state index is 0.565. The number of thiophene rings is 1. The Morgan fingerprint density at radius 3 is 2.78 bits per heavy atom. The molecule has 1 aromatic heterocycles. The molecule has 1 aliphatic rings. The quantitative estimate of drug-likeness (QED) is 0.724. The fourth-order valence-electron chi connectivity index (χ4n) is 2.92. The van der Waals surface area contributed by atoms with Crippen molar-refractivity contribution in [2.45, 2.75) is 57.9 Å². The lowest BCUT2D eigenvalue weighted by Gasteiger charge is -2.27. The minimum atomic E-state index is 0.565. The second-order valence-electron chi connectivity index (χ2n) is 5.43. The van der Waals surface area contributed by atoms with Crippen LogP contribution in [0.25, 0.3) is 0 Å². The molecule has 1 heterocycles. The highest BCUT2D eigenvalue weighted by Gasteiger charge is 2.20. The Kier molecular flexibility index (Phi) is 6.19. The molecule has 18 heavy (non-hydrogen) atoms. The molecule has 0 aliphatic heterocycles. The Bertz CT molecular complexity index is 344. The van der Waals surface area contributed by atoms with Gasteiger partial charge in [-0.1, -0.05) is 39.0 Å². The topological polar surface area (TPSA) is 12.0 Å². The van der Waals surface area contributed by atoms with Gasteiger partial charge in [-0.3, -0.25) is 0 Å². The van der Waals surface area contributed by atoms with Gasteiger partial charge in [0, 0.05) is 6.04 Å². The summed E-state index contributed by atoms with van der Waals surface area (Å²) in [6.07, 6.45) is 9.76. The minimum Gasteiger partial charge on any atom is -0.310 e. The molecule has 1 saturated carbocycles. The van der Waals surface area contributed by atoms with Crippen molar-refractivity contribution in [2.24, 2.45) is 5.92 Å². The van der Waals surface area contributed by atoms with Crippen molar-refractivity contribution in [1.29, 1.82) is 0 Å². The SMILES string of the molecule is CCCNC(CC1CCCCC1)c1csc(Br)c1. The molecule has 0 spiro atoms. The molecule has 0 saturated heterocycles. The van der Waals surface area contributed by atoms with E-state index in [1.54, 1.807) is 11.3 Å². The third-order valence-electron chi connectivity index (χ3n) is 3.92. The van der Waals surface area contributed by atoms with Crippen LogP contribution in [-0.2, 0) is 0 Å². The Morgan fingerprint density at radius 1 is 1.39 bits per heavy atom. The van der Waals surface area contributed by atoms with E-state index in [4.69, 9.17) is 0 Å². The van der Waals surface area contributed by atoms with Crippen LogP contribution in [0.3, 0.4) is 0 Å². The van der Waals surface area contributed by atoms with Crippen LogP contribution >= 0.6 is 27.3 Å². The van der Waals surface area contributed by atoms with Gasteiger partial charge in [-0.05, 0) is 58.2 Å². The predicted octanol–water partition coefficient (Wildman–Crippen LogP) is 5.52. The lowest BCUT2D eigenvalue weighted by atomic mass is 9.83. The summed E-state index contributed by atoms with van der Waals surface area (Å²) in [4.78, 5) is 0. The van der Waals surface area contributed by atoms with Gasteiger partial charge in [0.25, 0.3) is 0 Å². The van der Waals surface area contributed by atoms with Gasteiger partial charge in [-0.2, -0.15) is 0 Å². The molecule has 3 heteroatoms. The van der Waals surface area contributed by atoms with Crippen molar-refractivity contribution in [3.8, 4) is 0 Å². The summed E-state index contributed by atoms with van der Waals surface area (Å²) < 4.78 is 1.25. The second kappa shape index (κ2) is 7.66. The van der Waals surface area contributed by atoms with E-state index in [2.05, 4.69) is 39.6 Å². The first-order valence-corrected chi connectivity index (χ1v) is 8.94. The molecule has 1 aromatic rings. The number of rotatable bonds is 6. The van der Waals surface area contributed by atoms with Gasteiger partial charge < -0.3 is 5.32 Å². The van der Waals surface area contributed by atoms with Gasteiger partial charge in [0.1, 0.15) is 0 Å². The fourth-order valence-corrected chi connectivity index (χ4v) is 4.15. The number of nitrogens with one attached hydrogen (secondary N) is 1. The van der Waals surface area contributed by atoms with Gasteiger partial charge in [-0.15, -0.1) is 11.3 Å². The van der Waals surface area contributed by atoms with Crippen molar-refractivity contribution in [1.82, 2.24) is 5.32 Å². The number of halogens is 1. The summed E-state index contributed by atoms with van der Waals surface area (Å²) in [5, 5.41) is 6.04. The molecule has 0 radical (unpaired) electrons. The van der Waals surface area contributed by atoms with Crippen LogP contribution in [0.4, 0.5) is 0 Å². The van der Waals surface area contributed by atoms with Gasteiger partial charge in [0.2, 0.25) is 0 Å². The van der Waals surface area contributed by atoms with E-state index < -0.39 is 0 Å². The molecule has 0 amide bonds. The number of hydrogen-bond acceptors (Lipinski definition) is 2. The third kappa shape index (κ3) is 4.36. The van der Waals surface area contributed by atoms with E-state index in [0.717, 1.165) is 12.5 Å². The lowest BCUT2D eigenvalue weighted by molar-refractivity contribution is 0.300. The highest BCUT2D eigenvalue weighted by atomic mass is 79.9. The molecular formula is C15H24BrNS. The van der Waals surface area contributed by atoms with Crippen LogP contribution in [-0.4, -0.2) is 6.54 Å². The Labute approximate surface area is 123 Å². The van der Waals surface area contributed by atoms with Gasteiger partial charge >= 0.3 is 0 Å². The molecule has 2 rings (SSSR count). The average Bonchev–Trinajstić information content (AvgIpc) is 2.82. The van der Waals surface area contributed by atoms with Gasteiger partial charge in [0.15, 0.2) is 0 Å². The Morgan fingerprint density at radius 2 is 2.17 bits per heavy atom. The normalized spacial score (nSPS) is 19.0. The van der Waals surface area contributed by atoms with Crippen molar-refractivity contribution in [2.75, 3.05) is 6.54 Å². The van der Waals surface area contributed by atoms with Crippen LogP contribution < -0.4 is 5.32 Å². The zero-order valence-corrected chi connectivity index (χ0v) is 13.7. The van der Waals surface area contributed by atoms with Crippen molar-refractivity contribution >= 4 is 27.3 Å². The standard InChI is InChI=1S/C15H24BrNS/c1-2-8-17-14(13-10-15(16)18-11-13)9-12-6-4-3-5-7-12/h10-12,14,17H,2-9H2,1H3. The predicted molar refractivity (Wildman–Crippen MR) is 84.2 cm³/mol. The van der Waals surface area contributed by atoms with Crippen LogP contribution in [0.15, 0.2) is 15.2 Å². The third-order valence-corrected chi connectivity index (χ3v) is 5.45. The second-order valence-corrected chi connectivity index (χ2v) is 7.72. The zero-order valence-electron chi connectivity index (χ0n) is 11.3. The highest BCUT2D eigenvalue weighted by molar-refractivity contribution is 9.11. The van der Waals surface area contributed by atoms with E-state index in [1.807, 2.05) is 0 Å². The van der Waals surface area contributed by atoms with Crippen molar-refractivity contribution < 1.29 is 0 Å². The Balaban J connectivity index is 1.95. The monoisotopic (exact) mass is 329 g/mol.